The lowest BCUT2D eigenvalue weighted by molar-refractivity contribution is 0.0534. The first-order valence-corrected chi connectivity index (χ1v) is 13.0. The largest absolute Gasteiger partial charge is 0.444 e. The molecule has 1 N–H and O–H groups in total. The predicted molar refractivity (Wildman–Crippen MR) is 120 cm³/mol. The zero-order valence-electron chi connectivity index (χ0n) is 19.0. The summed E-state index contributed by atoms with van der Waals surface area (Å²) in [6, 6.07) is 10.5. The molecule has 0 fully saturated rings. The molecule has 0 aliphatic heterocycles. The van der Waals surface area contributed by atoms with E-state index in [1.54, 1.807) is 0 Å². The zero-order valence-corrected chi connectivity index (χ0v) is 20.0. The van der Waals surface area contributed by atoms with Crippen molar-refractivity contribution < 1.29 is 14.0 Å². The van der Waals surface area contributed by atoms with Crippen molar-refractivity contribution in [3.63, 3.8) is 0 Å². The van der Waals surface area contributed by atoms with Crippen LogP contribution in [0, 0.1) is 0 Å². The lowest BCUT2D eigenvalue weighted by Crippen LogP contribution is -2.44. The summed E-state index contributed by atoms with van der Waals surface area (Å²) in [7, 11) is -1.86. The number of rotatable bonds is 8. The molecule has 28 heavy (non-hydrogen) atoms. The molecule has 0 radical (unpaired) electrons. The smallest absolute Gasteiger partial charge is 0.407 e. The average molecular weight is 406 g/mol. The number of carbonyl (C=O) groups is 1. The van der Waals surface area contributed by atoms with Gasteiger partial charge in [-0.05, 0) is 57.3 Å². The summed E-state index contributed by atoms with van der Waals surface area (Å²) in [5.74, 6) is 0. The van der Waals surface area contributed by atoms with Crippen LogP contribution < -0.4 is 5.32 Å². The van der Waals surface area contributed by atoms with E-state index in [1.807, 2.05) is 32.9 Å². The SMILES string of the molecule is CC(C)(C)OC(=O)NCC=CCC(Cc1ccccc1)O[Si](C)(C)C(C)(C)C. The molecule has 5 heteroatoms. The molecule has 0 bridgehead atoms. The highest BCUT2D eigenvalue weighted by atomic mass is 28.4. The van der Waals surface area contributed by atoms with E-state index in [0.29, 0.717) is 6.54 Å². The van der Waals surface area contributed by atoms with Gasteiger partial charge in [-0.15, -0.1) is 0 Å². The Hall–Kier alpha value is -1.59. The van der Waals surface area contributed by atoms with Gasteiger partial charge >= 0.3 is 6.09 Å². The Labute approximate surface area is 172 Å². The quantitative estimate of drug-likeness (QED) is 0.420. The highest BCUT2D eigenvalue weighted by molar-refractivity contribution is 6.74. The van der Waals surface area contributed by atoms with E-state index in [2.05, 4.69) is 69.5 Å². The molecule has 1 aromatic rings. The van der Waals surface area contributed by atoms with Crippen LogP contribution in [-0.4, -0.2) is 32.7 Å². The number of nitrogens with one attached hydrogen (secondary N) is 1. The van der Waals surface area contributed by atoms with Crippen molar-refractivity contribution in [2.24, 2.45) is 0 Å². The molecule has 0 aliphatic rings. The van der Waals surface area contributed by atoms with Crippen LogP contribution in [0.15, 0.2) is 42.5 Å². The molecule has 1 aromatic carbocycles. The number of amides is 1. The first-order valence-electron chi connectivity index (χ1n) is 10.1. The van der Waals surface area contributed by atoms with Crippen molar-refractivity contribution >= 4 is 14.4 Å². The number of benzene rings is 1. The molecular formula is C23H39NO3Si. The van der Waals surface area contributed by atoms with Gasteiger partial charge in [0.2, 0.25) is 0 Å². The van der Waals surface area contributed by atoms with Crippen LogP contribution in [0.1, 0.15) is 53.5 Å². The monoisotopic (exact) mass is 405 g/mol. The van der Waals surface area contributed by atoms with Gasteiger partial charge in [0.1, 0.15) is 5.60 Å². The van der Waals surface area contributed by atoms with Crippen LogP contribution in [0.5, 0.6) is 0 Å². The zero-order chi connectivity index (χ0) is 21.4. The summed E-state index contributed by atoms with van der Waals surface area (Å²) in [6.07, 6.45) is 5.50. The fourth-order valence-corrected chi connectivity index (χ4v) is 3.80. The topological polar surface area (TPSA) is 47.6 Å². The first-order chi connectivity index (χ1) is 12.8. The molecule has 1 rings (SSSR count). The van der Waals surface area contributed by atoms with Gasteiger partial charge < -0.3 is 14.5 Å². The van der Waals surface area contributed by atoms with Crippen LogP contribution in [0.25, 0.3) is 0 Å². The van der Waals surface area contributed by atoms with E-state index in [4.69, 9.17) is 9.16 Å². The molecule has 0 aromatic heterocycles. The summed E-state index contributed by atoms with van der Waals surface area (Å²) in [5.41, 5.74) is 0.803. The van der Waals surface area contributed by atoms with Gasteiger partial charge in [0.15, 0.2) is 8.32 Å². The molecule has 1 amide bonds. The van der Waals surface area contributed by atoms with Crippen molar-refractivity contribution in [1.29, 1.82) is 0 Å². The van der Waals surface area contributed by atoms with E-state index >= 15 is 0 Å². The van der Waals surface area contributed by atoms with Gasteiger partial charge in [-0.3, -0.25) is 0 Å². The summed E-state index contributed by atoms with van der Waals surface area (Å²) in [5, 5.41) is 2.93. The minimum absolute atomic E-state index is 0.126. The third-order valence-corrected chi connectivity index (χ3v) is 9.44. The summed E-state index contributed by atoms with van der Waals surface area (Å²) >= 11 is 0. The second kappa shape index (κ2) is 10.3. The van der Waals surface area contributed by atoms with Gasteiger partial charge in [-0.25, -0.2) is 4.79 Å². The van der Waals surface area contributed by atoms with Gasteiger partial charge in [0, 0.05) is 6.54 Å². The maximum Gasteiger partial charge on any atom is 0.407 e. The second-order valence-electron chi connectivity index (χ2n) is 9.78. The van der Waals surface area contributed by atoms with Crippen molar-refractivity contribution in [3.05, 3.63) is 48.0 Å². The van der Waals surface area contributed by atoms with Crippen molar-refractivity contribution in [2.45, 2.75) is 84.2 Å². The third kappa shape index (κ3) is 9.56. The summed E-state index contributed by atoms with van der Waals surface area (Å²) < 4.78 is 11.9. The molecule has 0 spiro atoms. The van der Waals surface area contributed by atoms with Crippen LogP contribution in [0.3, 0.4) is 0 Å². The maximum atomic E-state index is 11.7. The van der Waals surface area contributed by atoms with Crippen molar-refractivity contribution in [3.8, 4) is 0 Å². The Morgan fingerprint density at radius 3 is 2.21 bits per heavy atom. The van der Waals surface area contributed by atoms with Crippen LogP contribution >= 0.6 is 0 Å². The Morgan fingerprint density at radius 1 is 1.07 bits per heavy atom. The first kappa shape index (κ1) is 24.4. The summed E-state index contributed by atoms with van der Waals surface area (Å²) in [4.78, 5) is 11.7. The fourth-order valence-electron chi connectivity index (χ4n) is 2.43. The Bertz CT molecular complexity index is 627. The molecule has 0 aliphatic carbocycles. The van der Waals surface area contributed by atoms with E-state index in [0.717, 1.165) is 12.8 Å². The Kier molecular flexibility index (Phi) is 8.96. The fraction of sp³-hybridized carbons (Fsp3) is 0.609. The third-order valence-electron chi connectivity index (χ3n) is 4.90. The minimum atomic E-state index is -1.86. The van der Waals surface area contributed by atoms with Gasteiger partial charge in [-0.1, -0.05) is 63.3 Å². The molecule has 0 heterocycles. The number of alkyl carbamates (subject to hydrolysis) is 1. The predicted octanol–water partition coefficient (Wildman–Crippen LogP) is 6.09. The molecule has 4 nitrogen and oxygen atoms in total. The van der Waals surface area contributed by atoms with E-state index in [1.165, 1.54) is 5.56 Å². The molecule has 1 atom stereocenters. The van der Waals surface area contributed by atoms with E-state index in [-0.39, 0.29) is 11.1 Å². The molecule has 158 valence electrons. The van der Waals surface area contributed by atoms with Crippen LogP contribution in [-0.2, 0) is 15.6 Å². The molecule has 0 saturated heterocycles. The van der Waals surface area contributed by atoms with E-state index in [9.17, 15) is 4.79 Å². The number of hydrogen-bond acceptors (Lipinski definition) is 3. The highest BCUT2D eigenvalue weighted by Gasteiger charge is 2.38. The van der Waals surface area contributed by atoms with E-state index < -0.39 is 20.0 Å². The highest BCUT2D eigenvalue weighted by Crippen LogP contribution is 2.38. The van der Waals surface area contributed by atoms with Crippen molar-refractivity contribution in [2.75, 3.05) is 6.54 Å². The standard InChI is InChI=1S/C23H39NO3Si/c1-22(2,3)26-21(25)24-17-13-12-16-20(18-19-14-10-9-11-15-19)27-28(7,8)23(4,5)6/h9-15,20H,16-18H2,1-8H3,(H,24,25). The summed E-state index contributed by atoms with van der Waals surface area (Å²) in [6.45, 7) is 17.4. The average Bonchev–Trinajstić information content (AvgIpc) is 2.52. The number of hydrogen-bond donors (Lipinski definition) is 1. The normalized spacial score (nSPS) is 14.1. The van der Waals surface area contributed by atoms with Gasteiger partial charge in [0.25, 0.3) is 0 Å². The van der Waals surface area contributed by atoms with Crippen molar-refractivity contribution in [1.82, 2.24) is 5.32 Å². The lowest BCUT2D eigenvalue weighted by Gasteiger charge is -2.39. The molecule has 0 saturated carbocycles. The van der Waals surface area contributed by atoms with Gasteiger partial charge in [-0.2, -0.15) is 0 Å². The molecule has 1 unspecified atom stereocenters. The maximum absolute atomic E-state index is 11.7. The molecular weight excluding hydrogens is 366 g/mol. The Morgan fingerprint density at radius 2 is 1.68 bits per heavy atom. The number of ether oxygens (including phenoxy) is 1. The lowest BCUT2D eigenvalue weighted by atomic mass is 10.1. The minimum Gasteiger partial charge on any atom is -0.444 e. The van der Waals surface area contributed by atoms with Crippen LogP contribution in [0.2, 0.25) is 18.1 Å². The second-order valence-corrected chi connectivity index (χ2v) is 14.5. The number of carbonyl (C=O) groups excluding carboxylic acids is 1. The van der Waals surface area contributed by atoms with Gasteiger partial charge in [0.05, 0.1) is 6.10 Å². The van der Waals surface area contributed by atoms with Crippen LogP contribution in [0.4, 0.5) is 4.79 Å². The Balaban J connectivity index is 2.66.